The van der Waals surface area contributed by atoms with Gasteiger partial charge in [-0.25, -0.2) is 18.3 Å². The third-order valence-corrected chi connectivity index (χ3v) is 4.84. The van der Waals surface area contributed by atoms with Gasteiger partial charge in [-0.15, -0.1) is 0 Å². The maximum absolute atomic E-state index is 13.2. The Morgan fingerprint density at radius 2 is 1.97 bits per heavy atom. The van der Waals surface area contributed by atoms with Crippen molar-refractivity contribution in [2.24, 2.45) is 0 Å². The molecular formula is C21H23F2N5O2. The first-order valence-corrected chi connectivity index (χ1v) is 9.59. The first kappa shape index (κ1) is 21.5. The normalized spacial score (nSPS) is 13.8. The number of hydrogen-bond acceptors (Lipinski definition) is 6. The number of rotatable bonds is 5. The van der Waals surface area contributed by atoms with Crippen LogP contribution >= 0.6 is 0 Å². The fourth-order valence-corrected chi connectivity index (χ4v) is 3.29. The summed E-state index contributed by atoms with van der Waals surface area (Å²) in [6.07, 6.45) is 4.99. The molecule has 3 aromatic rings. The molecule has 0 atom stereocenters. The van der Waals surface area contributed by atoms with Gasteiger partial charge in [-0.2, -0.15) is 5.10 Å². The van der Waals surface area contributed by atoms with Crippen molar-refractivity contribution in [3.63, 3.8) is 0 Å². The summed E-state index contributed by atoms with van der Waals surface area (Å²) in [5.41, 5.74) is 2.77. The number of alkyl halides is 1. The molecule has 0 saturated carbocycles. The smallest absolute Gasteiger partial charge is 0.178 e. The summed E-state index contributed by atoms with van der Waals surface area (Å²) in [6.45, 7) is 1.02. The maximum Gasteiger partial charge on any atom is 0.178 e. The van der Waals surface area contributed by atoms with Crippen LogP contribution in [0, 0.1) is 5.82 Å². The third-order valence-electron chi connectivity index (χ3n) is 4.84. The van der Waals surface area contributed by atoms with Crippen molar-refractivity contribution in [3.05, 3.63) is 59.3 Å². The molecule has 9 heteroatoms. The number of Topliss-reactive ketones (excluding diaryl/α,β-unsaturated/α-hetero) is 1. The molecule has 0 aliphatic carbocycles. The number of benzene rings is 1. The van der Waals surface area contributed by atoms with Gasteiger partial charge in [-0.05, 0) is 13.1 Å². The molecule has 0 amide bonds. The fourth-order valence-electron chi connectivity index (χ4n) is 3.29. The van der Waals surface area contributed by atoms with E-state index in [0.717, 1.165) is 17.6 Å². The molecule has 0 radical (unpaired) electrons. The predicted molar refractivity (Wildman–Crippen MR) is 109 cm³/mol. The number of ketones is 1. The molecule has 7 nitrogen and oxygen atoms in total. The highest BCUT2D eigenvalue weighted by Gasteiger charge is 2.19. The summed E-state index contributed by atoms with van der Waals surface area (Å²) in [5, 5.41) is 6.86. The van der Waals surface area contributed by atoms with Crippen LogP contribution in [0.25, 0.3) is 5.65 Å². The standard InChI is InChI=1S/C12H12N4O2.C9H11F2N/c17-7-9-5-11(12-13-8-14-16(12)6-9)15-3-1-10(18)2-4-15;1-12-6-8-4-2-3-7(5-10)9(8)11/h5-8H,1-4H2;2-4,12H,5-6H2,1H3. The molecule has 0 unspecified atom stereocenters. The average Bonchev–Trinajstić information content (AvgIpc) is 3.24. The number of aromatic nitrogens is 3. The van der Waals surface area contributed by atoms with Gasteiger partial charge in [0.25, 0.3) is 0 Å². The molecular weight excluding hydrogens is 392 g/mol. The first-order valence-electron chi connectivity index (χ1n) is 9.59. The van der Waals surface area contributed by atoms with Crippen molar-refractivity contribution in [1.29, 1.82) is 0 Å². The van der Waals surface area contributed by atoms with Gasteiger partial charge in [-0.1, -0.05) is 18.2 Å². The Kier molecular flexibility index (Phi) is 7.18. The van der Waals surface area contributed by atoms with Crippen molar-refractivity contribution in [3.8, 4) is 0 Å². The highest BCUT2D eigenvalue weighted by Crippen LogP contribution is 2.23. The van der Waals surface area contributed by atoms with E-state index in [-0.39, 0.29) is 11.3 Å². The number of nitrogens with zero attached hydrogens (tertiary/aromatic N) is 4. The van der Waals surface area contributed by atoms with E-state index in [1.165, 1.54) is 12.4 Å². The maximum atomic E-state index is 13.2. The Labute approximate surface area is 172 Å². The number of halogens is 2. The average molecular weight is 415 g/mol. The quantitative estimate of drug-likeness (QED) is 0.646. The Morgan fingerprint density at radius 1 is 1.23 bits per heavy atom. The second-order valence-corrected chi connectivity index (χ2v) is 6.88. The number of aldehydes is 1. The molecule has 1 aliphatic rings. The molecule has 1 aromatic carbocycles. The number of carbonyl (C=O) groups excluding carboxylic acids is 2. The zero-order chi connectivity index (χ0) is 21.5. The Balaban J connectivity index is 0.000000187. The topological polar surface area (TPSA) is 79.6 Å². The summed E-state index contributed by atoms with van der Waals surface area (Å²) < 4.78 is 26.9. The summed E-state index contributed by atoms with van der Waals surface area (Å²) >= 11 is 0. The van der Waals surface area contributed by atoms with Crippen molar-refractivity contribution in [1.82, 2.24) is 19.9 Å². The van der Waals surface area contributed by atoms with Crippen LogP contribution in [-0.2, 0) is 18.0 Å². The molecule has 0 bridgehead atoms. The van der Waals surface area contributed by atoms with Crippen LogP contribution < -0.4 is 10.2 Å². The zero-order valence-electron chi connectivity index (χ0n) is 16.6. The predicted octanol–water partition coefficient (Wildman–Crippen LogP) is 2.73. The van der Waals surface area contributed by atoms with Crippen molar-refractivity contribution >= 4 is 23.4 Å². The molecule has 158 valence electrons. The van der Waals surface area contributed by atoms with E-state index >= 15 is 0 Å². The number of piperidine rings is 1. The molecule has 2 aromatic heterocycles. The molecule has 3 heterocycles. The summed E-state index contributed by atoms with van der Waals surface area (Å²) in [6, 6.07) is 6.55. The van der Waals surface area contributed by atoms with Gasteiger partial charge < -0.3 is 10.2 Å². The SMILES string of the molecule is CNCc1cccc(CF)c1F.O=Cc1cc(N2CCC(=O)CC2)c2ncnn2c1. The largest absolute Gasteiger partial charge is 0.368 e. The van der Waals surface area contributed by atoms with Crippen LogP contribution in [0.3, 0.4) is 0 Å². The lowest BCUT2D eigenvalue weighted by Crippen LogP contribution is -2.34. The van der Waals surface area contributed by atoms with E-state index in [4.69, 9.17) is 0 Å². The number of fused-ring (bicyclic) bond motifs is 1. The van der Waals surface area contributed by atoms with Crippen LogP contribution in [0.1, 0.15) is 34.3 Å². The lowest BCUT2D eigenvalue weighted by Gasteiger charge is -2.28. The van der Waals surface area contributed by atoms with E-state index in [2.05, 4.69) is 20.3 Å². The first-order chi connectivity index (χ1) is 14.6. The van der Waals surface area contributed by atoms with Gasteiger partial charge in [0.2, 0.25) is 0 Å². The summed E-state index contributed by atoms with van der Waals surface area (Å²) in [4.78, 5) is 28.5. The van der Waals surface area contributed by atoms with Gasteiger partial charge >= 0.3 is 0 Å². The second-order valence-electron chi connectivity index (χ2n) is 6.88. The number of nitrogens with one attached hydrogen (secondary N) is 1. The second kappa shape index (κ2) is 10.0. The third kappa shape index (κ3) is 4.85. The lowest BCUT2D eigenvalue weighted by atomic mass is 10.1. The highest BCUT2D eigenvalue weighted by molar-refractivity contribution is 5.84. The Morgan fingerprint density at radius 3 is 2.63 bits per heavy atom. The van der Waals surface area contributed by atoms with E-state index < -0.39 is 12.5 Å². The van der Waals surface area contributed by atoms with Gasteiger partial charge in [-0.3, -0.25) is 9.59 Å². The summed E-state index contributed by atoms with van der Waals surface area (Å²) in [7, 11) is 1.72. The molecule has 1 saturated heterocycles. The van der Waals surface area contributed by atoms with Crippen LogP contribution in [0.2, 0.25) is 0 Å². The van der Waals surface area contributed by atoms with E-state index in [9.17, 15) is 18.4 Å². The van der Waals surface area contributed by atoms with Crippen LogP contribution in [-0.4, -0.2) is 46.8 Å². The summed E-state index contributed by atoms with van der Waals surface area (Å²) in [5.74, 6) is -0.148. The highest BCUT2D eigenvalue weighted by atomic mass is 19.1. The van der Waals surface area contributed by atoms with Crippen molar-refractivity contribution < 1.29 is 18.4 Å². The molecule has 1 N–H and O–H groups in total. The fraction of sp³-hybridized carbons (Fsp3) is 0.333. The minimum atomic E-state index is -0.747. The monoisotopic (exact) mass is 415 g/mol. The van der Waals surface area contributed by atoms with Crippen LogP contribution in [0.15, 0.2) is 36.8 Å². The van der Waals surface area contributed by atoms with Gasteiger partial charge in [0, 0.05) is 55.4 Å². The Hall–Kier alpha value is -3.20. The number of pyridine rings is 1. The molecule has 1 fully saturated rings. The minimum Gasteiger partial charge on any atom is -0.368 e. The molecule has 1 aliphatic heterocycles. The van der Waals surface area contributed by atoms with Gasteiger partial charge in [0.05, 0.1) is 5.69 Å². The number of anilines is 1. The van der Waals surface area contributed by atoms with E-state index in [0.29, 0.717) is 43.6 Å². The van der Waals surface area contributed by atoms with Crippen molar-refractivity contribution in [2.75, 3.05) is 25.0 Å². The van der Waals surface area contributed by atoms with Gasteiger partial charge in [0.1, 0.15) is 24.6 Å². The van der Waals surface area contributed by atoms with E-state index in [1.807, 2.05) is 0 Å². The molecule has 4 rings (SSSR count). The van der Waals surface area contributed by atoms with E-state index in [1.54, 1.807) is 36.0 Å². The van der Waals surface area contributed by atoms with Gasteiger partial charge in [0.15, 0.2) is 11.9 Å². The molecule has 0 spiro atoms. The molecule has 30 heavy (non-hydrogen) atoms. The van der Waals surface area contributed by atoms with Crippen molar-refractivity contribution in [2.45, 2.75) is 26.1 Å². The van der Waals surface area contributed by atoms with Crippen LogP contribution in [0.5, 0.6) is 0 Å². The number of carbonyl (C=O) groups is 2. The lowest BCUT2D eigenvalue weighted by molar-refractivity contribution is -0.119. The Bertz CT molecular complexity index is 1030. The minimum absolute atomic E-state index is 0.128. The van der Waals surface area contributed by atoms with Crippen LogP contribution in [0.4, 0.5) is 14.5 Å². The number of hydrogen-bond donors (Lipinski definition) is 1. The zero-order valence-corrected chi connectivity index (χ0v) is 16.6.